The average molecular weight is 306 g/mol. The Morgan fingerprint density at radius 3 is 2.45 bits per heavy atom. The van der Waals surface area contributed by atoms with Gasteiger partial charge in [-0.25, -0.2) is 0 Å². The predicted octanol–water partition coefficient (Wildman–Crippen LogP) is 2.14. The van der Waals surface area contributed by atoms with Crippen LogP contribution in [0.25, 0.3) is 0 Å². The van der Waals surface area contributed by atoms with E-state index in [9.17, 15) is 9.59 Å². The zero-order valence-corrected chi connectivity index (χ0v) is 14.0. The van der Waals surface area contributed by atoms with Gasteiger partial charge in [0.15, 0.2) is 6.61 Å². The fourth-order valence-electron chi connectivity index (χ4n) is 2.21. The highest BCUT2D eigenvalue weighted by Crippen LogP contribution is 2.23. The minimum Gasteiger partial charge on any atom is -0.484 e. The summed E-state index contributed by atoms with van der Waals surface area (Å²) < 4.78 is 5.48. The standard InChI is InChI=1S/C17H26N2O3/c1-6-18-17(21)13(5)19-16(20)10-22-14-7-8-15(11(2)3)12(4)9-14/h7-9,11,13H,6,10H2,1-5H3,(H,18,21)(H,19,20)/t13-/m0/s1. The summed E-state index contributed by atoms with van der Waals surface area (Å²) in [6, 6.07) is 5.24. The number of ether oxygens (including phenoxy) is 1. The first-order valence-electron chi connectivity index (χ1n) is 7.65. The minimum absolute atomic E-state index is 0.107. The van der Waals surface area contributed by atoms with E-state index in [1.165, 1.54) is 5.56 Å². The lowest BCUT2D eigenvalue weighted by Crippen LogP contribution is -2.46. The van der Waals surface area contributed by atoms with Crippen LogP contribution in [-0.2, 0) is 9.59 Å². The number of likely N-dealkylation sites (N-methyl/N-ethyl adjacent to an activating group) is 1. The summed E-state index contributed by atoms with van der Waals surface area (Å²) in [5, 5.41) is 5.26. The van der Waals surface area contributed by atoms with Gasteiger partial charge in [-0.05, 0) is 49.9 Å². The van der Waals surface area contributed by atoms with Gasteiger partial charge in [-0.2, -0.15) is 0 Å². The summed E-state index contributed by atoms with van der Waals surface area (Å²) in [7, 11) is 0. The molecule has 0 fully saturated rings. The van der Waals surface area contributed by atoms with Crippen LogP contribution in [0.15, 0.2) is 18.2 Å². The van der Waals surface area contributed by atoms with Crippen LogP contribution in [0.5, 0.6) is 5.75 Å². The van der Waals surface area contributed by atoms with Crippen molar-refractivity contribution < 1.29 is 14.3 Å². The number of carbonyl (C=O) groups excluding carboxylic acids is 2. The lowest BCUT2D eigenvalue weighted by atomic mass is 9.98. The SMILES string of the molecule is CCNC(=O)[C@H](C)NC(=O)COc1ccc(C(C)C)c(C)c1. The maximum atomic E-state index is 11.8. The molecule has 0 aliphatic carbocycles. The molecule has 2 amide bonds. The van der Waals surface area contributed by atoms with Gasteiger partial charge in [-0.3, -0.25) is 9.59 Å². The van der Waals surface area contributed by atoms with E-state index in [0.717, 1.165) is 5.56 Å². The molecule has 0 radical (unpaired) electrons. The van der Waals surface area contributed by atoms with Crippen molar-refractivity contribution in [3.05, 3.63) is 29.3 Å². The second-order valence-electron chi connectivity index (χ2n) is 5.65. The van der Waals surface area contributed by atoms with Crippen molar-refractivity contribution in [3.63, 3.8) is 0 Å². The van der Waals surface area contributed by atoms with Crippen molar-refractivity contribution >= 4 is 11.8 Å². The molecule has 0 aliphatic rings. The molecule has 0 aliphatic heterocycles. The number of nitrogens with one attached hydrogen (secondary N) is 2. The second-order valence-corrected chi connectivity index (χ2v) is 5.65. The number of benzene rings is 1. The van der Waals surface area contributed by atoms with Gasteiger partial charge in [-0.15, -0.1) is 0 Å². The molecular formula is C17H26N2O3. The van der Waals surface area contributed by atoms with Gasteiger partial charge in [0.05, 0.1) is 0 Å². The molecule has 0 bridgehead atoms. The van der Waals surface area contributed by atoms with Gasteiger partial charge < -0.3 is 15.4 Å². The lowest BCUT2D eigenvalue weighted by molar-refractivity contribution is -0.129. The van der Waals surface area contributed by atoms with Crippen LogP contribution >= 0.6 is 0 Å². The number of amides is 2. The largest absolute Gasteiger partial charge is 0.484 e. The first-order chi connectivity index (χ1) is 10.3. The van der Waals surface area contributed by atoms with Gasteiger partial charge in [0.2, 0.25) is 5.91 Å². The third-order valence-corrected chi connectivity index (χ3v) is 3.35. The van der Waals surface area contributed by atoms with E-state index in [2.05, 4.69) is 24.5 Å². The quantitative estimate of drug-likeness (QED) is 0.811. The van der Waals surface area contributed by atoms with Crippen LogP contribution in [0.2, 0.25) is 0 Å². The summed E-state index contributed by atoms with van der Waals surface area (Å²) in [5.74, 6) is 0.593. The van der Waals surface area contributed by atoms with Crippen LogP contribution in [0, 0.1) is 6.92 Å². The van der Waals surface area contributed by atoms with E-state index in [1.54, 1.807) is 6.92 Å². The molecule has 0 aromatic heterocycles. The Morgan fingerprint density at radius 1 is 1.23 bits per heavy atom. The van der Waals surface area contributed by atoms with Crippen LogP contribution in [0.3, 0.4) is 0 Å². The number of carbonyl (C=O) groups is 2. The predicted molar refractivity (Wildman–Crippen MR) is 87.1 cm³/mol. The van der Waals surface area contributed by atoms with E-state index < -0.39 is 6.04 Å². The molecular weight excluding hydrogens is 280 g/mol. The van der Waals surface area contributed by atoms with Crippen LogP contribution in [0.1, 0.15) is 44.7 Å². The van der Waals surface area contributed by atoms with E-state index >= 15 is 0 Å². The van der Waals surface area contributed by atoms with Crippen molar-refractivity contribution in [3.8, 4) is 5.75 Å². The van der Waals surface area contributed by atoms with Gasteiger partial charge in [0.1, 0.15) is 11.8 Å². The minimum atomic E-state index is -0.568. The molecule has 122 valence electrons. The highest BCUT2D eigenvalue weighted by atomic mass is 16.5. The highest BCUT2D eigenvalue weighted by molar-refractivity contribution is 5.87. The Morgan fingerprint density at radius 2 is 1.91 bits per heavy atom. The van der Waals surface area contributed by atoms with Gasteiger partial charge in [0, 0.05) is 6.54 Å². The Labute approximate surface area is 132 Å². The lowest BCUT2D eigenvalue weighted by Gasteiger charge is -2.15. The Balaban J connectivity index is 2.51. The Bertz CT molecular complexity index is 527. The van der Waals surface area contributed by atoms with Crippen molar-refractivity contribution in [2.24, 2.45) is 0 Å². The molecule has 0 saturated heterocycles. The average Bonchev–Trinajstić information content (AvgIpc) is 2.45. The third-order valence-electron chi connectivity index (χ3n) is 3.35. The molecule has 0 saturated carbocycles. The molecule has 0 spiro atoms. The monoisotopic (exact) mass is 306 g/mol. The van der Waals surface area contributed by atoms with Crippen LogP contribution in [-0.4, -0.2) is 31.0 Å². The van der Waals surface area contributed by atoms with Gasteiger partial charge in [0.25, 0.3) is 5.91 Å². The molecule has 1 rings (SSSR count). The topological polar surface area (TPSA) is 67.4 Å². The Hall–Kier alpha value is -2.04. The first kappa shape index (κ1) is 18.0. The molecule has 2 N–H and O–H groups in total. The third kappa shape index (κ3) is 5.39. The van der Waals surface area contributed by atoms with Crippen molar-refractivity contribution in [2.45, 2.75) is 46.6 Å². The molecule has 1 aromatic carbocycles. The normalized spacial score (nSPS) is 11.9. The zero-order chi connectivity index (χ0) is 16.7. The molecule has 1 aromatic rings. The molecule has 22 heavy (non-hydrogen) atoms. The summed E-state index contributed by atoms with van der Waals surface area (Å²) in [4.78, 5) is 23.3. The zero-order valence-electron chi connectivity index (χ0n) is 14.0. The fourth-order valence-corrected chi connectivity index (χ4v) is 2.21. The number of hydrogen-bond acceptors (Lipinski definition) is 3. The van der Waals surface area contributed by atoms with E-state index in [0.29, 0.717) is 18.2 Å². The Kier molecular flexibility index (Phi) is 6.89. The van der Waals surface area contributed by atoms with Crippen LogP contribution in [0.4, 0.5) is 0 Å². The molecule has 5 heteroatoms. The summed E-state index contributed by atoms with van der Waals surface area (Å²) in [6.07, 6.45) is 0. The van der Waals surface area contributed by atoms with Gasteiger partial charge in [-0.1, -0.05) is 19.9 Å². The summed E-state index contributed by atoms with van der Waals surface area (Å²) in [5.41, 5.74) is 2.41. The molecule has 5 nitrogen and oxygen atoms in total. The molecule has 1 atom stereocenters. The summed E-state index contributed by atoms with van der Waals surface area (Å²) in [6.45, 7) is 10.2. The summed E-state index contributed by atoms with van der Waals surface area (Å²) >= 11 is 0. The fraction of sp³-hybridized carbons (Fsp3) is 0.529. The second kappa shape index (κ2) is 8.41. The first-order valence-corrected chi connectivity index (χ1v) is 7.65. The van der Waals surface area contributed by atoms with E-state index in [4.69, 9.17) is 4.74 Å². The maximum absolute atomic E-state index is 11.8. The number of rotatable bonds is 7. The molecule has 0 unspecified atom stereocenters. The van der Waals surface area contributed by atoms with Crippen molar-refractivity contribution in [2.75, 3.05) is 13.2 Å². The number of hydrogen-bond donors (Lipinski definition) is 2. The highest BCUT2D eigenvalue weighted by Gasteiger charge is 2.15. The van der Waals surface area contributed by atoms with E-state index in [1.807, 2.05) is 32.0 Å². The van der Waals surface area contributed by atoms with Crippen molar-refractivity contribution in [1.82, 2.24) is 10.6 Å². The maximum Gasteiger partial charge on any atom is 0.258 e. The number of aryl methyl sites for hydroxylation is 1. The van der Waals surface area contributed by atoms with Crippen molar-refractivity contribution in [1.29, 1.82) is 0 Å². The van der Waals surface area contributed by atoms with E-state index in [-0.39, 0.29) is 18.4 Å². The molecule has 0 heterocycles. The van der Waals surface area contributed by atoms with Crippen LogP contribution < -0.4 is 15.4 Å². The smallest absolute Gasteiger partial charge is 0.258 e. The van der Waals surface area contributed by atoms with Gasteiger partial charge >= 0.3 is 0 Å².